The Balaban J connectivity index is 1.58. The van der Waals surface area contributed by atoms with Crippen molar-refractivity contribution < 1.29 is 19.1 Å². The second-order valence-corrected chi connectivity index (χ2v) is 5.79. The van der Waals surface area contributed by atoms with E-state index in [0.717, 1.165) is 5.56 Å². The molecule has 1 aromatic heterocycles. The van der Waals surface area contributed by atoms with Crippen LogP contribution in [0, 0.1) is 0 Å². The second-order valence-electron chi connectivity index (χ2n) is 5.79. The Bertz CT molecular complexity index is 763. The van der Waals surface area contributed by atoms with E-state index in [4.69, 9.17) is 4.74 Å². The van der Waals surface area contributed by atoms with Crippen molar-refractivity contribution in [2.75, 3.05) is 25.1 Å². The lowest BCUT2D eigenvalue weighted by Crippen LogP contribution is -2.56. The third-order valence-corrected chi connectivity index (χ3v) is 3.90. The molecule has 9 nitrogen and oxygen atoms in total. The molecule has 0 radical (unpaired) electrons. The van der Waals surface area contributed by atoms with Gasteiger partial charge >= 0.3 is 0 Å². The molecule has 0 spiro atoms. The number of carbonyl (C=O) groups is 3. The van der Waals surface area contributed by atoms with Gasteiger partial charge in [0.2, 0.25) is 17.7 Å². The van der Waals surface area contributed by atoms with Crippen LogP contribution < -0.4 is 10.6 Å². The lowest BCUT2D eigenvalue weighted by atomic mass is 10.1. The van der Waals surface area contributed by atoms with Gasteiger partial charge in [-0.1, -0.05) is 30.3 Å². The minimum absolute atomic E-state index is 0.0579. The molecule has 1 unspecified atom stereocenters. The van der Waals surface area contributed by atoms with Gasteiger partial charge in [-0.2, -0.15) is 5.10 Å². The number of benzene rings is 1. The Hall–Kier alpha value is -3.20. The van der Waals surface area contributed by atoms with E-state index < -0.39 is 17.9 Å². The minimum Gasteiger partial charge on any atom is -0.369 e. The smallest absolute Gasteiger partial charge is 0.249 e. The average Bonchev–Trinajstić information content (AvgIpc) is 3.15. The van der Waals surface area contributed by atoms with Crippen LogP contribution >= 0.6 is 0 Å². The number of anilines is 1. The lowest BCUT2D eigenvalue weighted by molar-refractivity contribution is -0.155. The maximum atomic E-state index is 12.5. The zero-order chi connectivity index (χ0) is 18.4. The van der Waals surface area contributed by atoms with Crippen LogP contribution in [-0.4, -0.2) is 58.6 Å². The van der Waals surface area contributed by atoms with Gasteiger partial charge in [-0.15, -0.1) is 0 Å². The van der Waals surface area contributed by atoms with Crippen LogP contribution in [0.25, 0.3) is 0 Å². The van der Waals surface area contributed by atoms with Crippen LogP contribution in [0.3, 0.4) is 0 Å². The van der Waals surface area contributed by atoms with Gasteiger partial charge in [0.1, 0.15) is 12.6 Å². The van der Waals surface area contributed by atoms with Gasteiger partial charge in [-0.3, -0.25) is 19.5 Å². The van der Waals surface area contributed by atoms with Gasteiger partial charge in [0.05, 0.1) is 25.0 Å². The molecule has 3 N–H and O–H groups in total. The quantitative estimate of drug-likeness (QED) is 0.667. The summed E-state index contributed by atoms with van der Waals surface area (Å²) in [5, 5.41) is 11.4. The van der Waals surface area contributed by atoms with E-state index in [2.05, 4.69) is 20.8 Å². The highest BCUT2D eigenvalue weighted by molar-refractivity contribution is 5.96. The average molecular weight is 357 g/mol. The maximum absolute atomic E-state index is 12.5. The summed E-state index contributed by atoms with van der Waals surface area (Å²) in [4.78, 5) is 38.0. The first-order valence-electron chi connectivity index (χ1n) is 8.11. The summed E-state index contributed by atoms with van der Waals surface area (Å²) in [7, 11) is 0. The molecule has 1 aliphatic heterocycles. The monoisotopic (exact) mass is 357 g/mol. The molecule has 0 saturated carbocycles. The number of hydrogen-bond donors (Lipinski definition) is 3. The first kappa shape index (κ1) is 17.6. The molecule has 0 bridgehead atoms. The highest BCUT2D eigenvalue weighted by Crippen LogP contribution is 2.13. The number of aromatic nitrogens is 2. The number of hydrogen-bond acceptors (Lipinski definition) is 5. The molecule has 136 valence electrons. The van der Waals surface area contributed by atoms with E-state index >= 15 is 0 Å². The number of amides is 3. The summed E-state index contributed by atoms with van der Waals surface area (Å²) in [6.45, 7) is 0.127. The number of ether oxygens (including phenoxy) is 1. The fourth-order valence-electron chi connectivity index (χ4n) is 2.61. The molecule has 1 atom stereocenters. The number of morpholine rings is 1. The van der Waals surface area contributed by atoms with Crippen LogP contribution in [0.2, 0.25) is 0 Å². The SMILES string of the molecule is O=C(CNC(=O)C1COCC(=O)N1Cc1ccccc1)Nc1cn[nH]c1. The first-order valence-corrected chi connectivity index (χ1v) is 8.11. The maximum Gasteiger partial charge on any atom is 0.249 e. The van der Waals surface area contributed by atoms with E-state index in [1.165, 1.54) is 17.3 Å². The number of rotatable bonds is 6. The Kier molecular flexibility index (Phi) is 5.59. The molecular formula is C17H19N5O4. The molecule has 1 fully saturated rings. The van der Waals surface area contributed by atoms with E-state index in [9.17, 15) is 14.4 Å². The van der Waals surface area contributed by atoms with Gasteiger partial charge in [-0.25, -0.2) is 0 Å². The Morgan fingerprint density at radius 2 is 2.12 bits per heavy atom. The number of aromatic amines is 1. The zero-order valence-electron chi connectivity index (χ0n) is 14.0. The van der Waals surface area contributed by atoms with Gasteiger partial charge in [0.15, 0.2) is 0 Å². The highest BCUT2D eigenvalue weighted by Gasteiger charge is 2.34. The summed E-state index contributed by atoms with van der Waals surface area (Å²) >= 11 is 0. The normalized spacial score (nSPS) is 17.0. The van der Waals surface area contributed by atoms with Crippen molar-refractivity contribution in [3.8, 4) is 0 Å². The predicted molar refractivity (Wildman–Crippen MR) is 91.8 cm³/mol. The van der Waals surface area contributed by atoms with Crippen molar-refractivity contribution in [2.45, 2.75) is 12.6 Å². The molecular weight excluding hydrogens is 338 g/mol. The second kappa shape index (κ2) is 8.26. The summed E-state index contributed by atoms with van der Waals surface area (Å²) < 4.78 is 5.21. The molecule has 1 aromatic carbocycles. The third-order valence-electron chi connectivity index (χ3n) is 3.90. The Morgan fingerprint density at radius 1 is 1.31 bits per heavy atom. The lowest BCUT2D eigenvalue weighted by Gasteiger charge is -2.34. The van der Waals surface area contributed by atoms with Crippen LogP contribution in [0.15, 0.2) is 42.7 Å². The van der Waals surface area contributed by atoms with E-state index in [-0.39, 0.29) is 25.7 Å². The largest absolute Gasteiger partial charge is 0.369 e. The molecule has 9 heteroatoms. The number of nitrogens with one attached hydrogen (secondary N) is 3. The van der Waals surface area contributed by atoms with E-state index in [0.29, 0.717) is 12.2 Å². The van der Waals surface area contributed by atoms with Crippen molar-refractivity contribution in [3.63, 3.8) is 0 Å². The van der Waals surface area contributed by atoms with Crippen molar-refractivity contribution in [2.24, 2.45) is 0 Å². The zero-order valence-corrected chi connectivity index (χ0v) is 14.0. The molecule has 26 heavy (non-hydrogen) atoms. The molecule has 3 amide bonds. The van der Waals surface area contributed by atoms with Crippen LogP contribution in [-0.2, 0) is 25.7 Å². The van der Waals surface area contributed by atoms with Crippen molar-refractivity contribution in [1.29, 1.82) is 0 Å². The summed E-state index contributed by atoms with van der Waals surface area (Å²) in [6, 6.07) is 8.61. The molecule has 1 aliphatic rings. The fourth-order valence-corrected chi connectivity index (χ4v) is 2.61. The third kappa shape index (κ3) is 4.45. The van der Waals surface area contributed by atoms with E-state index in [1.54, 1.807) is 0 Å². The summed E-state index contributed by atoms with van der Waals surface area (Å²) in [5.41, 5.74) is 1.42. The van der Waals surface area contributed by atoms with E-state index in [1.807, 2.05) is 30.3 Å². The fraction of sp³-hybridized carbons (Fsp3) is 0.294. The van der Waals surface area contributed by atoms with Gasteiger partial charge < -0.3 is 20.3 Å². The van der Waals surface area contributed by atoms with Crippen molar-refractivity contribution >= 4 is 23.4 Å². The Morgan fingerprint density at radius 3 is 2.85 bits per heavy atom. The first-order chi connectivity index (χ1) is 12.6. The minimum atomic E-state index is -0.779. The van der Waals surface area contributed by atoms with Crippen molar-refractivity contribution in [3.05, 3.63) is 48.3 Å². The highest BCUT2D eigenvalue weighted by atomic mass is 16.5. The van der Waals surface area contributed by atoms with Crippen LogP contribution in [0.1, 0.15) is 5.56 Å². The molecule has 3 rings (SSSR count). The number of carbonyl (C=O) groups excluding carboxylic acids is 3. The Labute approximate surface area is 149 Å². The summed E-state index contributed by atoms with van der Waals surface area (Å²) in [6.07, 6.45) is 2.98. The van der Waals surface area contributed by atoms with Crippen molar-refractivity contribution in [1.82, 2.24) is 20.4 Å². The van der Waals surface area contributed by atoms with Gasteiger partial charge in [-0.05, 0) is 5.56 Å². The predicted octanol–water partition coefficient (Wildman–Crippen LogP) is -0.108. The molecule has 2 heterocycles. The van der Waals surface area contributed by atoms with Gasteiger partial charge in [0, 0.05) is 12.7 Å². The number of nitrogens with zero attached hydrogens (tertiary/aromatic N) is 2. The molecule has 0 aliphatic carbocycles. The molecule has 2 aromatic rings. The molecule has 1 saturated heterocycles. The van der Waals surface area contributed by atoms with Crippen LogP contribution in [0.4, 0.5) is 5.69 Å². The number of H-pyrrole nitrogens is 1. The topological polar surface area (TPSA) is 116 Å². The van der Waals surface area contributed by atoms with Crippen LogP contribution in [0.5, 0.6) is 0 Å². The summed E-state index contributed by atoms with van der Waals surface area (Å²) in [5.74, 6) is -1.09. The van der Waals surface area contributed by atoms with Gasteiger partial charge in [0.25, 0.3) is 0 Å². The standard InChI is InChI=1S/C17H19N5O4/c23-15(21-13-6-19-20-7-13)8-18-17(25)14-10-26-11-16(24)22(14)9-12-4-2-1-3-5-12/h1-7,14H,8-11H2,(H,18,25)(H,19,20)(H,21,23).